The lowest BCUT2D eigenvalue weighted by atomic mass is 9.78. The molecular weight excluding hydrogens is 330 g/mol. The van der Waals surface area contributed by atoms with Crippen molar-refractivity contribution in [2.75, 3.05) is 6.61 Å². The lowest BCUT2D eigenvalue weighted by molar-refractivity contribution is -0.126. The van der Waals surface area contributed by atoms with Crippen molar-refractivity contribution in [1.82, 2.24) is 4.90 Å². The molecule has 5 rings (SSSR count). The van der Waals surface area contributed by atoms with Crippen LogP contribution in [-0.2, 0) is 14.3 Å². The molecule has 5 nitrogen and oxygen atoms in total. The molecule has 3 aliphatic carbocycles. The second-order valence-electron chi connectivity index (χ2n) is 7.97. The van der Waals surface area contributed by atoms with Gasteiger partial charge in [0.05, 0.1) is 0 Å². The number of carbonyl (C=O) groups is 3. The van der Waals surface area contributed by atoms with Gasteiger partial charge in [-0.2, -0.15) is 0 Å². The molecule has 5 atom stereocenters. The molecule has 2 bridgehead atoms. The SMILES string of the molecule is CC1=C(C(=O)N2C(=O)OC[C@@H]2c2ccccc2)[C@H]2[C@@H]3CC[C@@H](C3)[C@H]2C1=O. The second kappa shape index (κ2) is 5.53. The molecule has 1 aliphatic heterocycles. The van der Waals surface area contributed by atoms with E-state index in [4.69, 9.17) is 4.74 Å². The summed E-state index contributed by atoms with van der Waals surface area (Å²) in [6.07, 6.45) is 2.60. The Morgan fingerprint density at radius 1 is 1.08 bits per heavy atom. The number of amides is 2. The zero-order valence-electron chi connectivity index (χ0n) is 14.7. The Hall–Kier alpha value is -2.43. The van der Waals surface area contributed by atoms with Gasteiger partial charge in [-0.05, 0) is 43.6 Å². The van der Waals surface area contributed by atoms with Crippen LogP contribution in [0.15, 0.2) is 41.5 Å². The van der Waals surface area contributed by atoms with Gasteiger partial charge in [-0.3, -0.25) is 9.59 Å². The third kappa shape index (κ3) is 2.00. The molecule has 1 aromatic carbocycles. The van der Waals surface area contributed by atoms with E-state index in [0.717, 1.165) is 24.8 Å². The first-order chi connectivity index (χ1) is 12.6. The summed E-state index contributed by atoms with van der Waals surface area (Å²) in [6, 6.07) is 9.04. The lowest BCUT2D eigenvalue weighted by Crippen LogP contribution is -2.38. The third-order valence-corrected chi connectivity index (χ3v) is 6.83. The zero-order chi connectivity index (χ0) is 18.0. The average molecular weight is 351 g/mol. The fraction of sp³-hybridized carbons (Fsp3) is 0.476. The van der Waals surface area contributed by atoms with Gasteiger partial charge in [-0.15, -0.1) is 0 Å². The predicted octanol–water partition coefficient (Wildman–Crippen LogP) is 3.27. The Bertz CT molecular complexity index is 843. The average Bonchev–Trinajstić information content (AvgIpc) is 3.39. The van der Waals surface area contributed by atoms with Crippen molar-refractivity contribution in [2.24, 2.45) is 23.7 Å². The summed E-state index contributed by atoms with van der Waals surface area (Å²) in [6.45, 7) is 1.92. The molecule has 0 radical (unpaired) electrons. The number of cyclic esters (lactones) is 1. The van der Waals surface area contributed by atoms with Gasteiger partial charge in [0.2, 0.25) is 0 Å². The van der Waals surface area contributed by atoms with E-state index >= 15 is 0 Å². The summed E-state index contributed by atoms with van der Waals surface area (Å²) in [5.74, 6) is 0.564. The molecule has 3 fully saturated rings. The monoisotopic (exact) mass is 351 g/mol. The molecule has 1 heterocycles. The quantitative estimate of drug-likeness (QED) is 0.820. The molecule has 0 unspecified atom stereocenters. The third-order valence-electron chi connectivity index (χ3n) is 6.83. The van der Waals surface area contributed by atoms with E-state index in [9.17, 15) is 14.4 Å². The number of nitrogens with zero attached hydrogens (tertiary/aromatic N) is 1. The van der Waals surface area contributed by atoms with Gasteiger partial charge in [-0.1, -0.05) is 30.3 Å². The van der Waals surface area contributed by atoms with Crippen molar-refractivity contribution in [3.05, 3.63) is 47.0 Å². The van der Waals surface area contributed by atoms with E-state index in [2.05, 4.69) is 0 Å². The minimum atomic E-state index is -0.608. The predicted molar refractivity (Wildman–Crippen MR) is 92.9 cm³/mol. The number of imide groups is 1. The van der Waals surface area contributed by atoms with Crippen LogP contribution in [0.2, 0.25) is 0 Å². The van der Waals surface area contributed by atoms with Crippen LogP contribution in [0.25, 0.3) is 0 Å². The van der Waals surface area contributed by atoms with Crippen molar-refractivity contribution >= 4 is 17.8 Å². The number of ketones is 1. The van der Waals surface area contributed by atoms with Gasteiger partial charge >= 0.3 is 6.09 Å². The number of fused-ring (bicyclic) bond motifs is 5. The van der Waals surface area contributed by atoms with Crippen LogP contribution in [0.5, 0.6) is 0 Å². The first kappa shape index (κ1) is 15.8. The number of hydrogen-bond acceptors (Lipinski definition) is 4. The molecule has 2 saturated carbocycles. The van der Waals surface area contributed by atoms with Crippen molar-refractivity contribution in [2.45, 2.75) is 32.2 Å². The smallest absolute Gasteiger partial charge is 0.417 e. The number of Topliss-reactive ketones (excluding diaryl/α,β-unsaturated/α-hetero) is 1. The van der Waals surface area contributed by atoms with Crippen molar-refractivity contribution in [3.8, 4) is 0 Å². The highest BCUT2D eigenvalue weighted by Gasteiger charge is 2.58. The number of rotatable bonds is 2. The highest BCUT2D eigenvalue weighted by molar-refractivity contribution is 6.14. The molecule has 5 heteroatoms. The number of benzene rings is 1. The minimum Gasteiger partial charge on any atom is -0.446 e. The van der Waals surface area contributed by atoms with Gasteiger partial charge in [0.15, 0.2) is 5.78 Å². The maximum absolute atomic E-state index is 13.4. The van der Waals surface area contributed by atoms with Gasteiger partial charge in [-0.25, -0.2) is 9.69 Å². The van der Waals surface area contributed by atoms with Crippen LogP contribution < -0.4 is 0 Å². The molecule has 4 aliphatic rings. The summed E-state index contributed by atoms with van der Waals surface area (Å²) in [7, 11) is 0. The summed E-state index contributed by atoms with van der Waals surface area (Å²) < 4.78 is 5.21. The Morgan fingerprint density at radius 3 is 2.50 bits per heavy atom. The summed E-state index contributed by atoms with van der Waals surface area (Å²) in [5.41, 5.74) is 2.01. The van der Waals surface area contributed by atoms with E-state index < -0.39 is 12.1 Å². The number of hydrogen-bond donors (Lipinski definition) is 0. The first-order valence-electron chi connectivity index (χ1n) is 9.38. The second-order valence-corrected chi connectivity index (χ2v) is 7.97. The number of allylic oxidation sites excluding steroid dienone is 1. The Morgan fingerprint density at radius 2 is 1.77 bits per heavy atom. The summed E-state index contributed by atoms with van der Waals surface area (Å²) in [5, 5.41) is 0. The Balaban J connectivity index is 1.52. The molecule has 1 saturated heterocycles. The fourth-order valence-electron chi connectivity index (χ4n) is 5.72. The topological polar surface area (TPSA) is 63.7 Å². The fourth-order valence-corrected chi connectivity index (χ4v) is 5.72. The van der Waals surface area contributed by atoms with Crippen molar-refractivity contribution < 1.29 is 19.1 Å². The molecule has 0 spiro atoms. The van der Waals surface area contributed by atoms with Crippen LogP contribution in [0.3, 0.4) is 0 Å². The number of ether oxygens (including phenoxy) is 1. The van der Waals surface area contributed by atoms with Crippen molar-refractivity contribution in [1.29, 1.82) is 0 Å². The Kier molecular flexibility index (Phi) is 3.36. The van der Waals surface area contributed by atoms with E-state index in [0.29, 0.717) is 23.0 Å². The van der Waals surface area contributed by atoms with Crippen LogP contribution >= 0.6 is 0 Å². The summed E-state index contributed by atoms with van der Waals surface area (Å²) >= 11 is 0. The summed E-state index contributed by atoms with van der Waals surface area (Å²) in [4.78, 5) is 39.8. The normalized spacial score (nSPS) is 35.3. The lowest BCUT2D eigenvalue weighted by Gasteiger charge is -2.28. The van der Waals surface area contributed by atoms with Crippen LogP contribution in [-0.4, -0.2) is 29.3 Å². The highest BCUT2D eigenvalue weighted by atomic mass is 16.6. The van der Waals surface area contributed by atoms with Crippen LogP contribution in [0, 0.1) is 23.7 Å². The first-order valence-corrected chi connectivity index (χ1v) is 9.38. The molecular formula is C21H21NO4. The zero-order valence-corrected chi connectivity index (χ0v) is 14.7. The minimum absolute atomic E-state index is 0.00132. The van der Waals surface area contributed by atoms with E-state index in [1.54, 1.807) is 6.92 Å². The highest BCUT2D eigenvalue weighted by Crippen LogP contribution is 2.59. The van der Waals surface area contributed by atoms with E-state index in [-0.39, 0.29) is 30.1 Å². The van der Waals surface area contributed by atoms with E-state index in [1.807, 2.05) is 30.3 Å². The molecule has 0 N–H and O–H groups in total. The van der Waals surface area contributed by atoms with Gasteiger partial charge in [0.25, 0.3) is 5.91 Å². The molecule has 1 aromatic rings. The molecule has 2 amide bonds. The molecule has 134 valence electrons. The van der Waals surface area contributed by atoms with Crippen LogP contribution in [0.1, 0.15) is 37.8 Å². The molecule has 0 aromatic heterocycles. The van der Waals surface area contributed by atoms with Gasteiger partial charge in [0.1, 0.15) is 12.6 Å². The largest absolute Gasteiger partial charge is 0.446 e. The maximum atomic E-state index is 13.4. The Labute approximate surface area is 152 Å². The van der Waals surface area contributed by atoms with E-state index in [1.165, 1.54) is 4.90 Å². The number of carbonyl (C=O) groups excluding carboxylic acids is 3. The van der Waals surface area contributed by atoms with Gasteiger partial charge < -0.3 is 4.74 Å². The van der Waals surface area contributed by atoms with Gasteiger partial charge in [0, 0.05) is 23.0 Å². The molecule has 26 heavy (non-hydrogen) atoms. The standard InChI is InChI=1S/C21H21NO4/c1-11-16(17-13-7-8-14(9-13)18(17)19(11)23)20(24)22-15(10-26-21(22)25)12-5-3-2-4-6-12/h2-6,13-15,17-18H,7-10H2,1H3/t13-,14+,15-,17-,18-/m1/s1. The maximum Gasteiger partial charge on any atom is 0.417 e. The van der Waals surface area contributed by atoms with Crippen LogP contribution in [0.4, 0.5) is 4.79 Å². The van der Waals surface area contributed by atoms with Crippen molar-refractivity contribution in [3.63, 3.8) is 0 Å².